The molecular formula is C23H26N2O5S. The second-order valence-electron chi connectivity index (χ2n) is 7.48. The van der Waals surface area contributed by atoms with Crippen molar-refractivity contribution < 1.29 is 23.1 Å². The lowest BCUT2D eigenvalue weighted by Crippen LogP contribution is -2.45. The Morgan fingerprint density at radius 2 is 1.42 bits per heavy atom. The van der Waals surface area contributed by atoms with E-state index in [0.29, 0.717) is 5.57 Å². The molecule has 8 heteroatoms. The Bertz CT molecular complexity index is 1020. The van der Waals surface area contributed by atoms with Crippen molar-refractivity contribution in [1.82, 2.24) is 4.90 Å². The van der Waals surface area contributed by atoms with E-state index in [1.54, 1.807) is 4.90 Å². The number of hydrogen-bond acceptors (Lipinski definition) is 5. The number of carboxylic acids is 1. The van der Waals surface area contributed by atoms with Crippen LogP contribution >= 0.6 is 0 Å². The van der Waals surface area contributed by atoms with Crippen molar-refractivity contribution in [1.29, 1.82) is 0 Å². The first-order chi connectivity index (χ1) is 14.8. The SMILES string of the molecule is NCC(C(=O)N1CCC(S(=O)(=O)CC(=O)O)CC1)=C(c1ccccc1)c1ccccc1. The molecule has 0 saturated carbocycles. The number of nitrogens with zero attached hydrogens (tertiary/aromatic N) is 1. The molecule has 3 rings (SSSR count). The fourth-order valence-corrected chi connectivity index (χ4v) is 5.43. The zero-order chi connectivity index (χ0) is 22.4. The average molecular weight is 443 g/mol. The van der Waals surface area contributed by atoms with Gasteiger partial charge in [0.25, 0.3) is 5.91 Å². The molecule has 1 amide bonds. The van der Waals surface area contributed by atoms with Crippen molar-refractivity contribution in [3.63, 3.8) is 0 Å². The maximum absolute atomic E-state index is 13.4. The van der Waals surface area contributed by atoms with Crippen LogP contribution in [0.5, 0.6) is 0 Å². The van der Waals surface area contributed by atoms with E-state index in [1.807, 2.05) is 60.7 Å². The van der Waals surface area contributed by atoms with Gasteiger partial charge in [-0.2, -0.15) is 0 Å². The molecule has 1 aliphatic heterocycles. The van der Waals surface area contributed by atoms with Crippen LogP contribution in [0.15, 0.2) is 66.2 Å². The number of carbonyl (C=O) groups is 2. The quantitative estimate of drug-likeness (QED) is 0.633. The molecule has 2 aromatic carbocycles. The van der Waals surface area contributed by atoms with Crippen molar-refractivity contribution in [2.45, 2.75) is 18.1 Å². The van der Waals surface area contributed by atoms with Crippen LogP contribution < -0.4 is 5.73 Å². The van der Waals surface area contributed by atoms with Crippen molar-refractivity contribution >= 4 is 27.3 Å². The summed E-state index contributed by atoms with van der Waals surface area (Å²) in [5, 5.41) is 8.09. The standard InChI is InChI=1S/C23H26N2O5S/c24-15-20(22(17-7-3-1-4-8-17)18-9-5-2-6-10-18)23(28)25-13-11-19(12-14-25)31(29,30)16-21(26)27/h1-10,19H,11-16,24H2,(H,26,27). The Morgan fingerprint density at radius 1 is 0.935 bits per heavy atom. The van der Waals surface area contributed by atoms with Gasteiger partial charge in [-0.05, 0) is 29.5 Å². The number of rotatable bonds is 7. The van der Waals surface area contributed by atoms with Crippen molar-refractivity contribution in [3.8, 4) is 0 Å². The summed E-state index contributed by atoms with van der Waals surface area (Å²) in [4.78, 5) is 25.8. The van der Waals surface area contributed by atoms with Gasteiger partial charge in [0.15, 0.2) is 9.84 Å². The van der Waals surface area contributed by atoms with Gasteiger partial charge >= 0.3 is 5.97 Å². The summed E-state index contributed by atoms with van der Waals surface area (Å²) in [7, 11) is -3.73. The van der Waals surface area contributed by atoms with Crippen LogP contribution in [0.3, 0.4) is 0 Å². The van der Waals surface area contributed by atoms with E-state index in [9.17, 15) is 18.0 Å². The van der Waals surface area contributed by atoms with Crippen molar-refractivity contribution in [2.75, 3.05) is 25.4 Å². The lowest BCUT2D eigenvalue weighted by Gasteiger charge is -2.32. The molecule has 0 bridgehead atoms. The second-order valence-corrected chi connectivity index (χ2v) is 9.76. The van der Waals surface area contributed by atoms with Gasteiger partial charge in [0.1, 0.15) is 5.75 Å². The highest BCUT2D eigenvalue weighted by Gasteiger charge is 2.34. The lowest BCUT2D eigenvalue weighted by atomic mass is 9.92. The number of benzene rings is 2. The van der Waals surface area contributed by atoms with Crippen LogP contribution in [0, 0.1) is 0 Å². The Balaban J connectivity index is 1.89. The lowest BCUT2D eigenvalue weighted by molar-refractivity contribution is -0.134. The molecule has 0 radical (unpaired) electrons. The summed E-state index contributed by atoms with van der Waals surface area (Å²) in [6.07, 6.45) is 0.427. The van der Waals surface area contributed by atoms with Crippen LogP contribution in [0.4, 0.5) is 0 Å². The molecule has 0 atom stereocenters. The third kappa shape index (κ3) is 5.39. The number of likely N-dealkylation sites (tertiary alicyclic amines) is 1. The smallest absolute Gasteiger partial charge is 0.318 e. The monoisotopic (exact) mass is 442 g/mol. The van der Waals surface area contributed by atoms with Gasteiger partial charge in [-0.1, -0.05) is 60.7 Å². The second kappa shape index (κ2) is 9.89. The third-order valence-corrected chi connectivity index (χ3v) is 7.59. The minimum absolute atomic E-state index is 0.0369. The molecule has 2 aromatic rings. The summed E-state index contributed by atoms with van der Waals surface area (Å²) in [6, 6.07) is 19.1. The molecule has 0 aliphatic carbocycles. The first-order valence-corrected chi connectivity index (χ1v) is 11.8. The predicted octanol–water partition coefficient (Wildman–Crippen LogP) is 1.94. The van der Waals surface area contributed by atoms with E-state index in [1.165, 1.54) is 0 Å². The molecule has 7 nitrogen and oxygen atoms in total. The molecule has 3 N–H and O–H groups in total. The fourth-order valence-electron chi connectivity index (χ4n) is 3.92. The molecule has 1 aliphatic rings. The summed E-state index contributed by atoms with van der Waals surface area (Å²) in [5.74, 6) is -2.47. The number of sulfone groups is 1. The molecule has 0 spiro atoms. The highest BCUT2D eigenvalue weighted by Crippen LogP contribution is 2.29. The Kier molecular flexibility index (Phi) is 7.25. The van der Waals surface area contributed by atoms with E-state index >= 15 is 0 Å². The average Bonchev–Trinajstić information content (AvgIpc) is 2.77. The number of carbonyl (C=O) groups excluding carboxylic acids is 1. The van der Waals surface area contributed by atoms with E-state index in [-0.39, 0.29) is 38.4 Å². The molecule has 1 fully saturated rings. The van der Waals surface area contributed by atoms with Gasteiger partial charge in [-0.25, -0.2) is 8.42 Å². The fraction of sp³-hybridized carbons (Fsp3) is 0.304. The summed E-state index contributed by atoms with van der Waals surface area (Å²) >= 11 is 0. The number of hydrogen-bond donors (Lipinski definition) is 2. The van der Waals surface area contributed by atoms with Crippen LogP contribution in [-0.2, 0) is 19.4 Å². The zero-order valence-corrected chi connectivity index (χ0v) is 17.9. The molecule has 1 saturated heterocycles. The van der Waals surface area contributed by atoms with Gasteiger partial charge in [0.2, 0.25) is 0 Å². The molecule has 164 valence electrons. The maximum atomic E-state index is 13.4. The first-order valence-electron chi connectivity index (χ1n) is 10.1. The van der Waals surface area contributed by atoms with Gasteiger partial charge < -0.3 is 15.7 Å². The summed E-state index contributed by atoms with van der Waals surface area (Å²) < 4.78 is 24.5. The van der Waals surface area contributed by atoms with Crippen LogP contribution in [-0.4, -0.2) is 60.9 Å². The van der Waals surface area contributed by atoms with Crippen molar-refractivity contribution in [3.05, 3.63) is 77.4 Å². The normalized spacial score (nSPS) is 14.8. The Labute approximate surface area is 182 Å². The molecule has 0 unspecified atom stereocenters. The van der Waals surface area contributed by atoms with E-state index in [2.05, 4.69) is 0 Å². The summed E-state index contributed by atoms with van der Waals surface area (Å²) in [6.45, 7) is 0.514. The van der Waals surface area contributed by atoms with Gasteiger partial charge in [0.05, 0.1) is 5.25 Å². The Hall–Kier alpha value is -2.97. The van der Waals surface area contributed by atoms with Gasteiger partial charge in [-0.15, -0.1) is 0 Å². The van der Waals surface area contributed by atoms with E-state index in [0.717, 1.165) is 16.7 Å². The van der Waals surface area contributed by atoms with Crippen molar-refractivity contribution in [2.24, 2.45) is 5.73 Å². The summed E-state index contributed by atoms with van der Waals surface area (Å²) in [5.41, 5.74) is 9.01. The first kappa shape index (κ1) is 22.7. The molecule has 31 heavy (non-hydrogen) atoms. The zero-order valence-electron chi connectivity index (χ0n) is 17.1. The highest BCUT2D eigenvalue weighted by molar-refractivity contribution is 7.92. The minimum atomic E-state index is -3.73. The number of piperidine rings is 1. The third-order valence-electron chi connectivity index (χ3n) is 5.45. The highest BCUT2D eigenvalue weighted by atomic mass is 32.2. The van der Waals surface area contributed by atoms with E-state index < -0.39 is 26.8 Å². The van der Waals surface area contributed by atoms with Gasteiger partial charge in [-0.3, -0.25) is 9.59 Å². The van der Waals surface area contributed by atoms with Crippen LogP contribution in [0.25, 0.3) is 5.57 Å². The molecular weight excluding hydrogens is 416 g/mol. The maximum Gasteiger partial charge on any atom is 0.318 e. The van der Waals surface area contributed by atoms with Crippen LogP contribution in [0.1, 0.15) is 24.0 Å². The van der Waals surface area contributed by atoms with Gasteiger partial charge in [0, 0.05) is 25.2 Å². The number of aliphatic carboxylic acids is 1. The minimum Gasteiger partial charge on any atom is -0.480 e. The number of carboxylic acid groups (broad SMARTS) is 1. The number of nitrogens with two attached hydrogens (primary N) is 1. The Morgan fingerprint density at radius 3 is 1.84 bits per heavy atom. The topological polar surface area (TPSA) is 118 Å². The molecule has 0 aromatic heterocycles. The number of amides is 1. The molecule has 1 heterocycles. The van der Waals surface area contributed by atoms with Crippen LogP contribution in [0.2, 0.25) is 0 Å². The van der Waals surface area contributed by atoms with E-state index in [4.69, 9.17) is 10.8 Å². The largest absolute Gasteiger partial charge is 0.480 e. The predicted molar refractivity (Wildman–Crippen MR) is 119 cm³/mol.